The summed E-state index contributed by atoms with van der Waals surface area (Å²) in [6.07, 6.45) is 0. The second-order valence-corrected chi connectivity index (χ2v) is 6.99. The van der Waals surface area contributed by atoms with Crippen molar-refractivity contribution in [2.45, 2.75) is 13.2 Å². The summed E-state index contributed by atoms with van der Waals surface area (Å²) in [5.41, 5.74) is 2.66. The fourth-order valence-electron chi connectivity index (χ4n) is 2.91. The first-order chi connectivity index (χ1) is 15.7. The zero-order valence-corrected chi connectivity index (χ0v) is 17.1. The third-order valence-corrected chi connectivity index (χ3v) is 4.55. The molecule has 0 aliphatic heterocycles. The molecule has 0 bridgehead atoms. The molecule has 162 valence electrons. The summed E-state index contributed by atoms with van der Waals surface area (Å²) < 4.78 is 24.2. The number of rotatable bonds is 9. The number of carbonyl (C=O) groups excluding carboxylic acids is 1. The summed E-state index contributed by atoms with van der Waals surface area (Å²) in [6, 6.07) is 23.2. The molecule has 0 aliphatic carbocycles. The maximum atomic E-state index is 12.9. The Balaban J connectivity index is 1.25. The third-order valence-electron chi connectivity index (χ3n) is 4.55. The Labute approximate surface area is 184 Å². The Bertz CT molecular complexity index is 1150. The number of nitrogens with zero attached hydrogens (tertiary/aromatic N) is 2. The molecule has 0 radical (unpaired) electrons. The topological polar surface area (TPSA) is 89.3 Å². The molecule has 0 saturated heterocycles. The number of ether oxygens (including phenoxy) is 1. The number of carbonyl (C=O) groups is 1. The molecule has 0 spiro atoms. The lowest BCUT2D eigenvalue weighted by Crippen LogP contribution is -2.27. The van der Waals surface area contributed by atoms with E-state index < -0.39 is 0 Å². The minimum absolute atomic E-state index is 0.0120. The van der Waals surface area contributed by atoms with Gasteiger partial charge < -0.3 is 14.5 Å². The molecule has 0 aliphatic rings. The predicted octanol–water partition coefficient (Wildman–Crippen LogP) is 4.18. The van der Waals surface area contributed by atoms with Crippen LogP contribution in [0, 0.1) is 5.82 Å². The lowest BCUT2D eigenvalue weighted by molar-refractivity contribution is -0.115. The van der Waals surface area contributed by atoms with E-state index in [1.165, 1.54) is 12.1 Å². The molecule has 0 unspecified atom stereocenters. The van der Waals surface area contributed by atoms with Gasteiger partial charge in [-0.2, -0.15) is 0 Å². The van der Waals surface area contributed by atoms with Gasteiger partial charge in [0, 0.05) is 12.1 Å². The van der Waals surface area contributed by atoms with Crippen LogP contribution in [-0.4, -0.2) is 22.6 Å². The largest absolute Gasteiger partial charge is 0.489 e. The molecule has 4 rings (SSSR count). The van der Waals surface area contributed by atoms with Crippen molar-refractivity contribution in [3.63, 3.8) is 0 Å². The van der Waals surface area contributed by atoms with Crippen molar-refractivity contribution in [2.75, 3.05) is 11.9 Å². The Morgan fingerprint density at radius 2 is 1.66 bits per heavy atom. The molecule has 0 atom stereocenters. The highest BCUT2D eigenvalue weighted by atomic mass is 19.1. The van der Waals surface area contributed by atoms with Gasteiger partial charge in [-0.25, -0.2) is 4.39 Å². The molecule has 3 aromatic carbocycles. The van der Waals surface area contributed by atoms with Crippen LogP contribution in [0.15, 0.2) is 83.3 Å². The highest BCUT2D eigenvalue weighted by Gasteiger charge is 2.11. The van der Waals surface area contributed by atoms with Crippen LogP contribution in [0.2, 0.25) is 0 Å². The second-order valence-electron chi connectivity index (χ2n) is 6.99. The maximum Gasteiger partial charge on any atom is 0.322 e. The molecule has 1 aromatic heterocycles. The Kier molecular flexibility index (Phi) is 6.84. The molecule has 7 nitrogen and oxygen atoms in total. The van der Waals surface area contributed by atoms with Crippen LogP contribution in [0.4, 0.5) is 10.4 Å². The first kappa shape index (κ1) is 21.2. The number of nitrogens with one attached hydrogen (secondary N) is 2. The van der Waals surface area contributed by atoms with Gasteiger partial charge in [0.1, 0.15) is 18.2 Å². The molecule has 2 N–H and O–H groups in total. The van der Waals surface area contributed by atoms with Crippen LogP contribution < -0.4 is 15.4 Å². The van der Waals surface area contributed by atoms with Gasteiger partial charge in [-0.05, 0) is 47.5 Å². The quantitative estimate of drug-likeness (QED) is 0.412. The van der Waals surface area contributed by atoms with Gasteiger partial charge in [0.25, 0.3) is 0 Å². The first-order valence-electron chi connectivity index (χ1n) is 10.0. The van der Waals surface area contributed by atoms with Crippen molar-refractivity contribution in [3.05, 3.63) is 95.8 Å². The maximum absolute atomic E-state index is 12.9. The van der Waals surface area contributed by atoms with E-state index in [4.69, 9.17) is 9.15 Å². The number of anilines is 1. The van der Waals surface area contributed by atoms with E-state index in [9.17, 15) is 9.18 Å². The number of halogens is 1. The summed E-state index contributed by atoms with van der Waals surface area (Å²) in [4.78, 5) is 12.1. The molecule has 8 heteroatoms. The first-order valence-corrected chi connectivity index (χ1v) is 10.0. The lowest BCUT2D eigenvalue weighted by Gasteiger charge is -2.06. The van der Waals surface area contributed by atoms with E-state index in [0.717, 1.165) is 16.9 Å². The molecular weight excluding hydrogens is 411 g/mol. The van der Waals surface area contributed by atoms with Crippen molar-refractivity contribution in [1.82, 2.24) is 15.5 Å². The Hall–Kier alpha value is -4.04. The van der Waals surface area contributed by atoms with Crippen LogP contribution in [0.25, 0.3) is 11.5 Å². The predicted molar refractivity (Wildman–Crippen MR) is 117 cm³/mol. The highest BCUT2D eigenvalue weighted by Crippen LogP contribution is 2.23. The Morgan fingerprint density at radius 3 is 2.41 bits per heavy atom. The average molecular weight is 432 g/mol. The van der Waals surface area contributed by atoms with E-state index in [-0.39, 0.29) is 30.2 Å². The van der Waals surface area contributed by atoms with Crippen molar-refractivity contribution >= 4 is 11.9 Å². The van der Waals surface area contributed by atoms with Gasteiger partial charge in [-0.1, -0.05) is 47.6 Å². The zero-order valence-electron chi connectivity index (χ0n) is 17.1. The van der Waals surface area contributed by atoms with E-state index in [1.807, 2.05) is 54.6 Å². The molecule has 32 heavy (non-hydrogen) atoms. The zero-order chi connectivity index (χ0) is 22.2. The van der Waals surface area contributed by atoms with Gasteiger partial charge >= 0.3 is 6.01 Å². The molecule has 0 saturated carbocycles. The van der Waals surface area contributed by atoms with E-state index in [0.29, 0.717) is 18.7 Å². The Morgan fingerprint density at radius 1 is 0.906 bits per heavy atom. The van der Waals surface area contributed by atoms with E-state index in [1.54, 1.807) is 12.1 Å². The fourth-order valence-corrected chi connectivity index (χ4v) is 2.91. The van der Waals surface area contributed by atoms with E-state index in [2.05, 4.69) is 20.8 Å². The smallest absolute Gasteiger partial charge is 0.322 e. The van der Waals surface area contributed by atoms with Crippen molar-refractivity contribution in [2.24, 2.45) is 0 Å². The van der Waals surface area contributed by atoms with Gasteiger partial charge in [0.2, 0.25) is 11.8 Å². The summed E-state index contributed by atoms with van der Waals surface area (Å²) in [6.45, 7) is 0.954. The fraction of sp³-hybridized carbons (Fsp3) is 0.125. The van der Waals surface area contributed by atoms with Crippen LogP contribution in [0.1, 0.15) is 11.1 Å². The van der Waals surface area contributed by atoms with Gasteiger partial charge in [-0.15, -0.1) is 5.10 Å². The summed E-state index contributed by atoms with van der Waals surface area (Å²) in [5.74, 6) is 0.382. The molecule has 4 aromatic rings. The monoisotopic (exact) mass is 432 g/mol. The minimum Gasteiger partial charge on any atom is -0.489 e. The van der Waals surface area contributed by atoms with Gasteiger partial charge in [-0.3, -0.25) is 10.1 Å². The minimum atomic E-state index is -0.327. The van der Waals surface area contributed by atoms with Crippen molar-refractivity contribution in [3.8, 4) is 17.2 Å². The van der Waals surface area contributed by atoms with Crippen LogP contribution in [0.3, 0.4) is 0 Å². The number of aromatic nitrogens is 2. The number of hydrogen-bond acceptors (Lipinski definition) is 6. The standard InChI is InChI=1S/C24H21FN4O3/c25-20-10-6-17(7-11-20)14-26-15-22(30)27-24-29-28-23(32-24)19-8-12-21(13-9-19)31-16-18-4-2-1-3-5-18/h1-13,26H,14-16H2,(H,27,29,30). The van der Waals surface area contributed by atoms with Gasteiger partial charge in [0.15, 0.2) is 0 Å². The highest BCUT2D eigenvalue weighted by molar-refractivity contribution is 5.90. The van der Waals surface area contributed by atoms with Crippen LogP contribution in [0.5, 0.6) is 5.75 Å². The molecular formula is C24H21FN4O3. The van der Waals surface area contributed by atoms with Crippen molar-refractivity contribution < 1.29 is 18.3 Å². The summed E-state index contributed by atoms with van der Waals surface area (Å²) >= 11 is 0. The van der Waals surface area contributed by atoms with Crippen LogP contribution >= 0.6 is 0 Å². The molecule has 1 heterocycles. The molecule has 1 amide bonds. The van der Waals surface area contributed by atoms with E-state index >= 15 is 0 Å². The molecule has 0 fully saturated rings. The normalized spacial score (nSPS) is 10.7. The SMILES string of the molecule is O=C(CNCc1ccc(F)cc1)Nc1nnc(-c2ccc(OCc3ccccc3)cc2)o1. The number of hydrogen-bond donors (Lipinski definition) is 2. The lowest BCUT2D eigenvalue weighted by atomic mass is 10.2. The summed E-state index contributed by atoms with van der Waals surface area (Å²) in [7, 11) is 0. The number of benzene rings is 3. The van der Waals surface area contributed by atoms with Gasteiger partial charge in [0.05, 0.1) is 6.54 Å². The van der Waals surface area contributed by atoms with Crippen molar-refractivity contribution in [1.29, 1.82) is 0 Å². The average Bonchev–Trinajstić information content (AvgIpc) is 3.28. The van der Waals surface area contributed by atoms with Crippen LogP contribution in [-0.2, 0) is 17.9 Å². The number of amides is 1. The summed E-state index contributed by atoms with van der Waals surface area (Å²) in [5, 5.41) is 13.4. The third kappa shape index (κ3) is 5.99. The second kappa shape index (κ2) is 10.3.